The maximum absolute atomic E-state index is 12.9. The predicted octanol–water partition coefficient (Wildman–Crippen LogP) is 2.95. The molecule has 104 valence electrons. The minimum absolute atomic E-state index is 0.216. The number of hydrogen-bond acceptors (Lipinski definition) is 2. The summed E-state index contributed by atoms with van der Waals surface area (Å²) in [5.41, 5.74) is 3.71. The average molecular weight is 263 g/mol. The van der Waals surface area contributed by atoms with Gasteiger partial charge in [-0.25, -0.2) is 10.2 Å². The molecule has 19 heavy (non-hydrogen) atoms. The second kappa shape index (κ2) is 7.24. The van der Waals surface area contributed by atoms with Crippen LogP contribution in [0, 0.1) is 5.82 Å². The fourth-order valence-electron chi connectivity index (χ4n) is 2.54. The van der Waals surface area contributed by atoms with Crippen molar-refractivity contribution in [1.82, 2.24) is 5.43 Å². The Morgan fingerprint density at radius 2 is 1.79 bits per heavy atom. The molecule has 0 unspecified atom stereocenters. The Labute approximate surface area is 114 Å². The van der Waals surface area contributed by atoms with Gasteiger partial charge in [-0.3, -0.25) is 4.99 Å². The number of halogens is 1. The number of nitrogens with two attached hydrogens (primary N) is 1. The van der Waals surface area contributed by atoms with E-state index in [4.69, 9.17) is 10.8 Å². The van der Waals surface area contributed by atoms with E-state index in [1.807, 2.05) is 0 Å². The SMILES string of the molecule is NNC(Cc1ccc(F)cc1)=NC1CCCCCC1. The van der Waals surface area contributed by atoms with E-state index in [-0.39, 0.29) is 5.82 Å². The summed E-state index contributed by atoms with van der Waals surface area (Å²) in [5, 5.41) is 0. The maximum Gasteiger partial charge on any atom is 0.123 e. The molecule has 1 fully saturated rings. The summed E-state index contributed by atoms with van der Waals surface area (Å²) in [5.74, 6) is 6.13. The zero-order valence-corrected chi connectivity index (χ0v) is 11.2. The molecule has 1 aliphatic rings. The van der Waals surface area contributed by atoms with Gasteiger partial charge in [-0.1, -0.05) is 37.8 Å². The molecule has 2 rings (SSSR count). The Balaban J connectivity index is 1.99. The topological polar surface area (TPSA) is 50.4 Å². The molecular formula is C15H22FN3. The van der Waals surface area contributed by atoms with Gasteiger partial charge in [0.2, 0.25) is 0 Å². The van der Waals surface area contributed by atoms with Crippen LogP contribution in [0.5, 0.6) is 0 Å². The van der Waals surface area contributed by atoms with Gasteiger partial charge in [0.05, 0.1) is 6.04 Å². The van der Waals surface area contributed by atoms with E-state index in [0.29, 0.717) is 12.5 Å². The number of hydrogen-bond donors (Lipinski definition) is 2. The zero-order chi connectivity index (χ0) is 13.5. The highest BCUT2D eigenvalue weighted by Crippen LogP contribution is 2.20. The molecule has 1 aromatic carbocycles. The van der Waals surface area contributed by atoms with Gasteiger partial charge in [0.1, 0.15) is 11.7 Å². The monoisotopic (exact) mass is 263 g/mol. The lowest BCUT2D eigenvalue weighted by Gasteiger charge is -2.12. The number of nitrogens with one attached hydrogen (secondary N) is 1. The van der Waals surface area contributed by atoms with Crippen LogP contribution in [0.15, 0.2) is 29.3 Å². The molecule has 3 N–H and O–H groups in total. The van der Waals surface area contributed by atoms with Crippen LogP contribution in [0.2, 0.25) is 0 Å². The van der Waals surface area contributed by atoms with Gasteiger partial charge in [0.15, 0.2) is 0 Å². The van der Waals surface area contributed by atoms with Gasteiger partial charge < -0.3 is 5.43 Å². The molecule has 0 atom stereocenters. The average Bonchev–Trinajstić information content (AvgIpc) is 2.69. The number of benzene rings is 1. The Kier molecular flexibility index (Phi) is 5.33. The van der Waals surface area contributed by atoms with Crippen molar-refractivity contribution in [1.29, 1.82) is 0 Å². The maximum atomic E-state index is 12.9. The van der Waals surface area contributed by atoms with Gasteiger partial charge >= 0.3 is 0 Å². The highest BCUT2D eigenvalue weighted by atomic mass is 19.1. The lowest BCUT2D eigenvalue weighted by Crippen LogP contribution is -2.33. The van der Waals surface area contributed by atoms with Crippen LogP contribution < -0.4 is 11.3 Å². The fourth-order valence-corrected chi connectivity index (χ4v) is 2.54. The Morgan fingerprint density at radius 3 is 2.37 bits per heavy atom. The summed E-state index contributed by atoms with van der Waals surface area (Å²) >= 11 is 0. The summed E-state index contributed by atoms with van der Waals surface area (Å²) in [6.07, 6.45) is 8.06. The molecule has 1 saturated carbocycles. The highest BCUT2D eigenvalue weighted by Gasteiger charge is 2.12. The summed E-state index contributed by atoms with van der Waals surface area (Å²) in [6, 6.07) is 6.86. The minimum Gasteiger partial charge on any atom is -0.312 e. The van der Waals surface area contributed by atoms with E-state index >= 15 is 0 Å². The van der Waals surface area contributed by atoms with E-state index in [9.17, 15) is 4.39 Å². The van der Waals surface area contributed by atoms with E-state index in [0.717, 1.165) is 24.2 Å². The second-order valence-electron chi connectivity index (χ2n) is 5.17. The summed E-state index contributed by atoms with van der Waals surface area (Å²) in [4.78, 5) is 4.72. The number of rotatable bonds is 3. The van der Waals surface area contributed by atoms with Crippen molar-refractivity contribution in [3.8, 4) is 0 Å². The quantitative estimate of drug-likeness (QED) is 0.289. The number of amidine groups is 1. The second-order valence-corrected chi connectivity index (χ2v) is 5.17. The van der Waals surface area contributed by atoms with Crippen LogP contribution in [0.3, 0.4) is 0 Å². The first-order valence-corrected chi connectivity index (χ1v) is 7.05. The molecule has 1 aliphatic carbocycles. The molecule has 4 heteroatoms. The Bertz CT molecular complexity index is 406. The minimum atomic E-state index is -0.216. The normalized spacial score (nSPS) is 18.1. The first-order valence-electron chi connectivity index (χ1n) is 7.05. The van der Waals surface area contributed by atoms with E-state index < -0.39 is 0 Å². The third-order valence-corrected chi connectivity index (χ3v) is 3.61. The van der Waals surface area contributed by atoms with Crippen molar-refractivity contribution in [2.45, 2.75) is 51.0 Å². The molecule has 0 radical (unpaired) electrons. The largest absolute Gasteiger partial charge is 0.312 e. The van der Waals surface area contributed by atoms with Crippen molar-refractivity contribution in [2.75, 3.05) is 0 Å². The summed E-state index contributed by atoms with van der Waals surface area (Å²) in [7, 11) is 0. The van der Waals surface area contributed by atoms with Crippen molar-refractivity contribution < 1.29 is 4.39 Å². The summed E-state index contributed by atoms with van der Waals surface area (Å²) < 4.78 is 12.9. The smallest absolute Gasteiger partial charge is 0.123 e. The lowest BCUT2D eigenvalue weighted by atomic mass is 10.1. The Hall–Kier alpha value is -1.42. The van der Waals surface area contributed by atoms with Crippen LogP contribution >= 0.6 is 0 Å². The van der Waals surface area contributed by atoms with Crippen molar-refractivity contribution in [2.24, 2.45) is 10.8 Å². The van der Waals surface area contributed by atoms with Crippen LogP contribution in [0.25, 0.3) is 0 Å². The molecular weight excluding hydrogens is 241 g/mol. The molecule has 0 aliphatic heterocycles. The predicted molar refractivity (Wildman–Crippen MR) is 76.4 cm³/mol. The standard InChI is InChI=1S/C15H22FN3/c16-13-9-7-12(8-10-13)11-15(19-17)18-14-5-3-1-2-4-6-14/h7-10,14H,1-6,11,17H2,(H,18,19). The van der Waals surface area contributed by atoms with Crippen molar-refractivity contribution in [3.05, 3.63) is 35.6 Å². The van der Waals surface area contributed by atoms with Gasteiger partial charge in [0.25, 0.3) is 0 Å². The van der Waals surface area contributed by atoms with Crippen molar-refractivity contribution >= 4 is 5.84 Å². The van der Waals surface area contributed by atoms with Crippen LogP contribution in [0.4, 0.5) is 4.39 Å². The van der Waals surface area contributed by atoms with Gasteiger partial charge in [-0.2, -0.15) is 0 Å². The number of hydrazine groups is 1. The first kappa shape index (κ1) is 14.0. The third-order valence-electron chi connectivity index (χ3n) is 3.61. The van der Waals surface area contributed by atoms with E-state index in [2.05, 4.69) is 5.43 Å². The zero-order valence-electron chi connectivity index (χ0n) is 11.2. The molecule has 1 aromatic rings. The van der Waals surface area contributed by atoms with E-state index in [1.54, 1.807) is 12.1 Å². The van der Waals surface area contributed by atoms with Crippen LogP contribution in [-0.2, 0) is 6.42 Å². The van der Waals surface area contributed by atoms with Gasteiger partial charge in [-0.05, 0) is 30.5 Å². The fraction of sp³-hybridized carbons (Fsp3) is 0.533. The van der Waals surface area contributed by atoms with Crippen molar-refractivity contribution in [3.63, 3.8) is 0 Å². The van der Waals surface area contributed by atoms with E-state index in [1.165, 1.54) is 37.8 Å². The molecule has 0 spiro atoms. The molecule has 0 aromatic heterocycles. The molecule has 3 nitrogen and oxygen atoms in total. The summed E-state index contributed by atoms with van der Waals surface area (Å²) in [6.45, 7) is 0. The first-order chi connectivity index (χ1) is 9.28. The Morgan fingerprint density at radius 1 is 1.16 bits per heavy atom. The third kappa shape index (κ3) is 4.63. The molecule has 0 bridgehead atoms. The van der Waals surface area contributed by atoms with Crippen LogP contribution in [0.1, 0.15) is 44.1 Å². The number of nitrogens with zero attached hydrogens (tertiary/aromatic N) is 1. The molecule has 0 amide bonds. The van der Waals surface area contributed by atoms with Crippen LogP contribution in [-0.4, -0.2) is 11.9 Å². The lowest BCUT2D eigenvalue weighted by molar-refractivity contribution is 0.581. The highest BCUT2D eigenvalue weighted by molar-refractivity contribution is 5.84. The number of aliphatic imine (C=N–C) groups is 1. The molecule has 0 heterocycles. The van der Waals surface area contributed by atoms with Gasteiger partial charge in [-0.15, -0.1) is 0 Å². The molecule has 0 saturated heterocycles. The van der Waals surface area contributed by atoms with Gasteiger partial charge in [0, 0.05) is 6.42 Å².